The summed E-state index contributed by atoms with van der Waals surface area (Å²) in [6.45, 7) is 1.35. The van der Waals surface area contributed by atoms with Gasteiger partial charge in [0.05, 0.1) is 4.92 Å². The number of hydrogen-bond acceptors (Lipinski definition) is 5. The Morgan fingerprint density at radius 2 is 2.09 bits per heavy atom. The van der Waals surface area contributed by atoms with Crippen LogP contribution in [0.1, 0.15) is 36.0 Å². The van der Waals surface area contributed by atoms with Crippen molar-refractivity contribution in [2.45, 2.75) is 37.8 Å². The van der Waals surface area contributed by atoms with Crippen molar-refractivity contribution in [3.05, 3.63) is 33.9 Å². The summed E-state index contributed by atoms with van der Waals surface area (Å²) in [5, 5.41) is 17.7. The first-order valence-corrected chi connectivity index (χ1v) is 8.10. The molecule has 1 heterocycles. The average Bonchev–Trinajstić information content (AvgIpc) is 3.38. The van der Waals surface area contributed by atoms with Crippen LogP contribution in [0.25, 0.3) is 0 Å². The van der Waals surface area contributed by atoms with Gasteiger partial charge < -0.3 is 15.5 Å². The van der Waals surface area contributed by atoms with Gasteiger partial charge in [0.25, 0.3) is 11.6 Å². The lowest BCUT2D eigenvalue weighted by Crippen LogP contribution is -2.46. The summed E-state index contributed by atoms with van der Waals surface area (Å²) in [6, 6.07) is 5.36. The molecule has 1 aromatic rings. The minimum Gasteiger partial charge on any atom is -0.377 e. The molecule has 0 aromatic heterocycles. The minimum atomic E-state index is -0.423. The summed E-state index contributed by atoms with van der Waals surface area (Å²) in [4.78, 5) is 25.3. The summed E-state index contributed by atoms with van der Waals surface area (Å²) in [6.07, 6.45) is 4.07. The Kier molecular flexibility index (Phi) is 4.47. The van der Waals surface area contributed by atoms with Crippen molar-refractivity contribution in [1.82, 2.24) is 10.2 Å². The highest BCUT2D eigenvalue weighted by Gasteiger charge is 2.28. The molecule has 124 valence electrons. The maximum Gasteiger partial charge on any atom is 0.293 e. The number of nitrogens with zero attached hydrogens (tertiary/aromatic N) is 2. The second-order valence-corrected chi connectivity index (χ2v) is 6.29. The van der Waals surface area contributed by atoms with E-state index in [4.69, 9.17) is 0 Å². The van der Waals surface area contributed by atoms with Gasteiger partial charge in [-0.25, -0.2) is 0 Å². The number of nitro benzene ring substituents is 1. The lowest BCUT2D eigenvalue weighted by molar-refractivity contribution is -0.384. The Hall–Kier alpha value is -2.15. The van der Waals surface area contributed by atoms with E-state index in [0.717, 1.165) is 25.7 Å². The standard InChI is InChI=1S/C16H22N4O3/c1-17-13-3-2-8-19(10-13)16(21)11-4-7-14(18-12-5-6-12)15(9-11)20(22)23/h4,7,9,12-13,17-18H,2-3,5-6,8,10H2,1H3. The second-order valence-electron chi connectivity index (χ2n) is 6.29. The molecule has 1 amide bonds. The first-order chi connectivity index (χ1) is 11.1. The van der Waals surface area contributed by atoms with E-state index in [-0.39, 0.29) is 11.6 Å². The van der Waals surface area contributed by atoms with E-state index in [9.17, 15) is 14.9 Å². The molecule has 3 rings (SSSR count). The number of likely N-dealkylation sites (N-methyl/N-ethyl adjacent to an activating group) is 1. The fourth-order valence-electron chi connectivity index (χ4n) is 2.97. The Balaban J connectivity index is 1.79. The molecule has 1 saturated carbocycles. The highest BCUT2D eigenvalue weighted by atomic mass is 16.6. The van der Waals surface area contributed by atoms with Crippen molar-refractivity contribution in [3.63, 3.8) is 0 Å². The molecular formula is C16H22N4O3. The summed E-state index contributed by atoms with van der Waals surface area (Å²) in [5.74, 6) is -0.133. The number of anilines is 1. The molecule has 2 aliphatic rings. The van der Waals surface area contributed by atoms with Crippen molar-refractivity contribution in [1.29, 1.82) is 0 Å². The number of carbonyl (C=O) groups is 1. The predicted molar refractivity (Wildman–Crippen MR) is 87.7 cm³/mol. The first-order valence-electron chi connectivity index (χ1n) is 8.10. The van der Waals surface area contributed by atoms with Crippen molar-refractivity contribution in [2.24, 2.45) is 0 Å². The number of nitro groups is 1. The van der Waals surface area contributed by atoms with Crippen LogP contribution in [0.5, 0.6) is 0 Å². The number of piperidine rings is 1. The lowest BCUT2D eigenvalue weighted by atomic mass is 10.0. The van der Waals surface area contributed by atoms with E-state index in [0.29, 0.717) is 36.4 Å². The van der Waals surface area contributed by atoms with E-state index in [1.807, 2.05) is 7.05 Å². The molecular weight excluding hydrogens is 296 g/mol. The van der Waals surface area contributed by atoms with Crippen LogP contribution in [0.4, 0.5) is 11.4 Å². The molecule has 7 nitrogen and oxygen atoms in total. The predicted octanol–water partition coefficient (Wildman–Crippen LogP) is 1.99. The molecule has 0 spiro atoms. The first kappa shape index (κ1) is 15.7. The Labute approximate surface area is 135 Å². The van der Waals surface area contributed by atoms with E-state index in [1.165, 1.54) is 6.07 Å². The van der Waals surface area contributed by atoms with Gasteiger partial charge in [-0.15, -0.1) is 0 Å². The van der Waals surface area contributed by atoms with Crippen molar-refractivity contribution in [2.75, 3.05) is 25.5 Å². The Morgan fingerprint density at radius 1 is 1.30 bits per heavy atom. The Bertz CT molecular complexity index is 615. The molecule has 2 fully saturated rings. The fourth-order valence-corrected chi connectivity index (χ4v) is 2.97. The number of hydrogen-bond donors (Lipinski definition) is 2. The van der Waals surface area contributed by atoms with E-state index in [1.54, 1.807) is 17.0 Å². The van der Waals surface area contributed by atoms with Crippen LogP contribution in [0.15, 0.2) is 18.2 Å². The van der Waals surface area contributed by atoms with Gasteiger partial charge in [0.2, 0.25) is 0 Å². The van der Waals surface area contributed by atoms with E-state index < -0.39 is 4.92 Å². The number of amides is 1. The maximum absolute atomic E-state index is 12.6. The van der Waals surface area contributed by atoms with Gasteiger partial charge in [-0.05, 0) is 44.9 Å². The zero-order valence-electron chi connectivity index (χ0n) is 13.2. The molecule has 1 unspecified atom stereocenters. The molecule has 1 aliphatic carbocycles. The van der Waals surface area contributed by atoms with Crippen molar-refractivity contribution < 1.29 is 9.72 Å². The third-order valence-corrected chi connectivity index (χ3v) is 4.50. The number of rotatable bonds is 5. The zero-order chi connectivity index (χ0) is 16.4. The van der Waals surface area contributed by atoms with Crippen LogP contribution in [0.2, 0.25) is 0 Å². The molecule has 1 aromatic carbocycles. The highest BCUT2D eigenvalue weighted by molar-refractivity contribution is 5.95. The summed E-state index contributed by atoms with van der Waals surface area (Å²) in [7, 11) is 1.89. The van der Waals surface area contributed by atoms with Crippen LogP contribution in [-0.2, 0) is 0 Å². The monoisotopic (exact) mass is 318 g/mol. The fraction of sp³-hybridized carbons (Fsp3) is 0.562. The molecule has 1 aliphatic heterocycles. The molecule has 0 radical (unpaired) electrons. The minimum absolute atomic E-state index is 0.0232. The number of nitrogens with one attached hydrogen (secondary N) is 2. The third-order valence-electron chi connectivity index (χ3n) is 4.50. The maximum atomic E-state index is 12.6. The summed E-state index contributed by atoms with van der Waals surface area (Å²) < 4.78 is 0. The number of likely N-dealkylation sites (tertiary alicyclic amines) is 1. The van der Waals surface area contributed by atoms with E-state index >= 15 is 0 Å². The van der Waals surface area contributed by atoms with E-state index in [2.05, 4.69) is 10.6 Å². The van der Waals surface area contributed by atoms with Crippen LogP contribution < -0.4 is 10.6 Å². The quantitative estimate of drug-likeness (QED) is 0.640. The van der Waals surface area contributed by atoms with Crippen molar-refractivity contribution >= 4 is 17.3 Å². The molecule has 0 bridgehead atoms. The summed E-state index contributed by atoms with van der Waals surface area (Å²) in [5.41, 5.74) is 0.862. The highest BCUT2D eigenvalue weighted by Crippen LogP contribution is 2.32. The molecule has 7 heteroatoms. The van der Waals surface area contributed by atoms with Gasteiger partial charge in [0.15, 0.2) is 0 Å². The topological polar surface area (TPSA) is 87.5 Å². The zero-order valence-corrected chi connectivity index (χ0v) is 13.2. The molecule has 23 heavy (non-hydrogen) atoms. The molecule has 1 atom stereocenters. The van der Waals surface area contributed by atoms with Gasteiger partial charge in [-0.2, -0.15) is 0 Å². The second kappa shape index (κ2) is 6.54. The smallest absolute Gasteiger partial charge is 0.293 e. The van der Waals surface area contributed by atoms with Gasteiger partial charge >= 0.3 is 0 Å². The SMILES string of the molecule is CNC1CCCN(C(=O)c2ccc(NC3CC3)c([N+](=O)[O-])c2)C1. The normalized spacial score (nSPS) is 21.1. The van der Waals surface area contributed by atoms with Gasteiger partial charge in [-0.1, -0.05) is 0 Å². The van der Waals surface area contributed by atoms with Crippen LogP contribution in [-0.4, -0.2) is 48.0 Å². The van der Waals surface area contributed by atoms with Crippen LogP contribution in [0.3, 0.4) is 0 Å². The summed E-state index contributed by atoms with van der Waals surface area (Å²) >= 11 is 0. The Morgan fingerprint density at radius 3 is 2.74 bits per heavy atom. The largest absolute Gasteiger partial charge is 0.377 e. The van der Waals surface area contributed by atoms with Crippen molar-refractivity contribution in [3.8, 4) is 0 Å². The average molecular weight is 318 g/mol. The van der Waals surface area contributed by atoms with Crippen LogP contribution >= 0.6 is 0 Å². The van der Waals surface area contributed by atoms with Gasteiger partial charge in [0.1, 0.15) is 5.69 Å². The van der Waals surface area contributed by atoms with Gasteiger partial charge in [0, 0.05) is 36.8 Å². The number of carbonyl (C=O) groups excluding carboxylic acids is 1. The molecule has 1 saturated heterocycles. The van der Waals surface area contributed by atoms with Gasteiger partial charge in [-0.3, -0.25) is 14.9 Å². The third kappa shape index (κ3) is 3.61. The molecule has 2 N–H and O–H groups in total. The van der Waals surface area contributed by atoms with Crippen LogP contribution in [0, 0.1) is 10.1 Å². The lowest BCUT2D eigenvalue weighted by Gasteiger charge is -2.32. The number of benzene rings is 1.